The van der Waals surface area contributed by atoms with E-state index in [-0.39, 0.29) is 30.2 Å². The van der Waals surface area contributed by atoms with Crippen LogP contribution in [0.4, 0.5) is 0 Å². The topological polar surface area (TPSA) is 79.6 Å². The molecule has 2 aliphatic rings. The standard InChI is InChI=1S/C16H20N2O4/c19-14(4-2-6-16(21)22)17-8-11-7-12(10-17)13-3-1-5-15(20)18(13)9-11/h1,3,5,11-12H,2,4,6-10H2,(H,21,22). The molecule has 1 aromatic heterocycles. The Hall–Kier alpha value is -2.11. The lowest BCUT2D eigenvalue weighted by molar-refractivity contribution is -0.137. The molecule has 1 fully saturated rings. The molecule has 2 atom stereocenters. The third-order valence-corrected chi connectivity index (χ3v) is 4.61. The molecule has 2 bridgehead atoms. The first kappa shape index (κ1) is 14.8. The quantitative estimate of drug-likeness (QED) is 0.901. The molecule has 0 spiro atoms. The van der Waals surface area contributed by atoms with Gasteiger partial charge in [0.15, 0.2) is 0 Å². The first-order valence-electron chi connectivity index (χ1n) is 7.74. The van der Waals surface area contributed by atoms with E-state index in [2.05, 4.69) is 0 Å². The van der Waals surface area contributed by atoms with Crippen molar-refractivity contribution in [3.8, 4) is 0 Å². The SMILES string of the molecule is O=C(O)CCCC(=O)N1CC2CC(C1)c1cccc(=O)n1C2. The highest BCUT2D eigenvalue weighted by Crippen LogP contribution is 2.35. The van der Waals surface area contributed by atoms with Crippen molar-refractivity contribution in [1.82, 2.24) is 9.47 Å². The number of aliphatic carboxylic acids is 1. The summed E-state index contributed by atoms with van der Waals surface area (Å²) in [6.07, 6.45) is 1.72. The minimum atomic E-state index is -0.864. The summed E-state index contributed by atoms with van der Waals surface area (Å²) in [5.74, 6) is -0.307. The number of pyridine rings is 1. The van der Waals surface area contributed by atoms with Crippen LogP contribution in [0.1, 0.15) is 37.3 Å². The molecule has 6 nitrogen and oxygen atoms in total. The number of carbonyl (C=O) groups excluding carboxylic acids is 1. The van der Waals surface area contributed by atoms with Crippen molar-refractivity contribution in [1.29, 1.82) is 0 Å². The largest absolute Gasteiger partial charge is 0.481 e. The molecule has 1 aromatic rings. The van der Waals surface area contributed by atoms with Crippen LogP contribution in [0.5, 0.6) is 0 Å². The van der Waals surface area contributed by atoms with E-state index >= 15 is 0 Å². The van der Waals surface area contributed by atoms with Gasteiger partial charge in [0.25, 0.3) is 5.56 Å². The molecule has 6 heteroatoms. The Balaban J connectivity index is 1.69. The molecule has 1 amide bonds. The Morgan fingerprint density at radius 3 is 2.77 bits per heavy atom. The second kappa shape index (κ2) is 5.94. The minimum absolute atomic E-state index is 0.0303. The molecule has 2 unspecified atom stereocenters. The Labute approximate surface area is 128 Å². The van der Waals surface area contributed by atoms with E-state index in [1.165, 1.54) is 0 Å². The van der Waals surface area contributed by atoms with Crippen LogP contribution in [-0.2, 0) is 16.1 Å². The number of aromatic nitrogens is 1. The molecular formula is C16H20N2O4. The molecule has 1 saturated heterocycles. The van der Waals surface area contributed by atoms with Gasteiger partial charge in [-0.3, -0.25) is 14.4 Å². The molecule has 0 aromatic carbocycles. The zero-order chi connectivity index (χ0) is 15.7. The first-order chi connectivity index (χ1) is 10.5. The highest BCUT2D eigenvalue weighted by Gasteiger charge is 2.35. The Morgan fingerprint density at radius 1 is 1.18 bits per heavy atom. The van der Waals surface area contributed by atoms with E-state index in [1.807, 2.05) is 15.5 Å². The average molecular weight is 304 g/mol. The molecule has 0 aliphatic carbocycles. The zero-order valence-corrected chi connectivity index (χ0v) is 12.4. The summed E-state index contributed by atoms with van der Waals surface area (Å²) < 4.78 is 1.84. The number of piperidine rings is 1. The molecule has 1 N–H and O–H groups in total. The van der Waals surface area contributed by atoms with Gasteiger partial charge in [0.1, 0.15) is 0 Å². The number of rotatable bonds is 4. The predicted octanol–water partition coefficient (Wildman–Crippen LogP) is 1.05. The second-order valence-electron chi connectivity index (χ2n) is 6.24. The fourth-order valence-corrected chi connectivity index (χ4v) is 3.65. The van der Waals surface area contributed by atoms with Gasteiger partial charge in [-0.15, -0.1) is 0 Å². The smallest absolute Gasteiger partial charge is 0.303 e. The lowest BCUT2D eigenvalue weighted by Crippen LogP contribution is -2.49. The van der Waals surface area contributed by atoms with Crippen molar-refractivity contribution in [2.24, 2.45) is 5.92 Å². The van der Waals surface area contributed by atoms with Gasteiger partial charge in [-0.1, -0.05) is 6.07 Å². The average Bonchev–Trinajstić information content (AvgIpc) is 2.48. The summed E-state index contributed by atoms with van der Waals surface area (Å²) in [6.45, 7) is 1.97. The maximum Gasteiger partial charge on any atom is 0.303 e. The third-order valence-electron chi connectivity index (χ3n) is 4.61. The van der Waals surface area contributed by atoms with Crippen LogP contribution in [0.15, 0.2) is 23.0 Å². The van der Waals surface area contributed by atoms with Crippen molar-refractivity contribution in [3.63, 3.8) is 0 Å². The van der Waals surface area contributed by atoms with Crippen LogP contribution < -0.4 is 5.56 Å². The molecule has 118 valence electrons. The summed E-state index contributed by atoms with van der Waals surface area (Å²) in [5.41, 5.74) is 1.06. The number of likely N-dealkylation sites (tertiary alicyclic amines) is 1. The Bertz CT molecular complexity index is 652. The fourth-order valence-electron chi connectivity index (χ4n) is 3.65. The second-order valence-corrected chi connectivity index (χ2v) is 6.24. The highest BCUT2D eigenvalue weighted by molar-refractivity contribution is 5.77. The number of carboxylic acid groups (broad SMARTS) is 1. The van der Waals surface area contributed by atoms with E-state index in [0.717, 1.165) is 12.1 Å². The van der Waals surface area contributed by atoms with Crippen molar-refractivity contribution in [3.05, 3.63) is 34.2 Å². The van der Waals surface area contributed by atoms with E-state index < -0.39 is 5.97 Å². The number of carbonyl (C=O) groups is 2. The van der Waals surface area contributed by atoms with Gasteiger partial charge in [-0.2, -0.15) is 0 Å². The first-order valence-corrected chi connectivity index (χ1v) is 7.74. The summed E-state index contributed by atoms with van der Waals surface area (Å²) >= 11 is 0. The van der Waals surface area contributed by atoms with Crippen LogP contribution in [0.2, 0.25) is 0 Å². The number of hydrogen-bond donors (Lipinski definition) is 1. The molecular weight excluding hydrogens is 284 g/mol. The third kappa shape index (κ3) is 2.91. The molecule has 3 heterocycles. The predicted molar refractivity (Wildman–Crippen MR) is 79.6 cm³/mol. The van der Waals surface area contributed by atoms with Gasteiger partial charge in [-0.25, -0.2) is 0 Å². The summed E-state index contributed by atoms with van der Waals surface area (Å²) in [4.78, 5) is 36.6. The maximum absolute atomic E-state index is 12.3. The van der Waals surface area contributed by atoms with Gasteiger partial charge in [-0.05, 0) is 24.8 Å². The molecule has 0 radical (unpaired) electrons. The Morgan fingerprint density at radius 2 is 2.00 bits per heavy atom. The molecule has 3 rings (SSSR count). The van der Waals surface area contributed by atoms with Gasteiger partial charge in [0.05, 0.1) is 0 Å². The van der Waals surface area contributed by atoms with Gasteiger partial charge >= 0.3 is 5.97 Å². The number of fused-ring (bicyclic) bond motifs is 4. The lowest BCUT2D eigenvalue weighted by atomic mass is 9.83. The summed E-state index contributed by atoms with van der Waals surface area (Å²) in [5, 5.41) is 8.65. The van der Waals surface area contributed by atoms with E-state index in [1.54, 1.807) is 12.1 Å². The molecule has 22 heavy (non-hydrogen) atoms. The van der Waals surface area contributed by atoms with Crippen LogP contribution in [0.25, 0.3) is 0 Å². The molecule has 2 aliphatic heterocycles. The van der Waals surface area contributed by atoms with Gasteiger partial charge in [0, 0.05) is 50.2 Å². The van der Waals surface area contributed by atoms with Gasteiger partial charge < -0.3 is 14.6 Å². The maximum atomic E-state index is 12.3. The van der Waals surface area contributed by atoms with Crippen LogP contribution in [0, 0.1) is 5.92 Å². The number of nitrogens with zero attached hydrogens (tertiary/aromatic N) is 2. The lowest BCUT2D eigenvalue weighted by Gasteiger charge is -2.42. The number of amides is 1. The van der Waals surface area contributed by atoms with E-state index in [0.29, 0.717) is 32.0 Å². The summed E-state index contributed by atoms with van der Waals surface area (Å²) in [7, 11) is 0. The fraction of sp³-hybridized carbons (Fsp3) is 0.562. The zero-order valence-electron chi connectivity index (χ0n) is 12.4. The van der Waals surface area contributed by atoms with Crippen molar-refractivity contribution in [2.75, 3.05) is 13.1 Å². The van der Waals surface area contributed by atoms with Crippen molar-refractivity contribution >= 4 is 11.9 Å². The van der Waals surface area contributed by atoms with E-state index in [4.69, 9.17) is 5.11 Å². The number of carboxylic acids is 1. The Kier molecular flexibility index (Phi) is 4.00. The van der Waals surface area contributed by atoms with Gasteiger partial charge in [0.2, 0.25) is 5.91 Å². The minimum Gasteiger partial charge on any atom is -0.481 e. The highest BCUT2D eigenvalue weighted by atomic mass is 16.4. The van der Waals surface area contributed by atoms with Crippen LogP contribution >= 0.6 is 0 Å². The summed E-state index contributed by atoms with van der Waals surface area (Å²) in [6, 6.07) is 5.34. The monoisotopic (exact) mass is 304 g/mol. The van der Waals surface area contributed by atoms with Crippen LogP contribution in [0.3, 0.4) is 0 Å². The molecule has 0 saturated carbocycles. The van der Waals surface area contributed by atoms with Crippen molar-refractivity contribution < 1.29 is 14.7 Å². The van der Waals surface area contributed by atoms with Crippen molar-refractivity contribution in [2.45, 2.75) is 38.1 Å². The van der Waals surface area contributed by atoms with E-state index in [9.17, 15) is 14.4 Å². The van der Waals surface area contributed by atoms with Crippen LogP contribution in [-0.4, -0.2) is 39.5 Å². The normalized spacial score (nSPS) is 23.0. The number of hydrogen-bond acceptors (Lipinski definition) is 3.